The SMILES string of the molecule is C=C1CC2CC3(O)C(C)C4(CC)Cc5ccc(O)cc5C3(CC2N1)C4.C=CC=C(C)C.CC.CC.CCC. The summed E-state index contributed by atoms with van der Waals surface area (Å²) in [5.74, 6) is 1.08. The van der Waals surface area contributed by atoms with Crippen molar-refractivity contribution in [2.24, 2.45) is 17.3 Å². The Labute approximate surface area is 235 Å². The molecule has 5 rings (SSSR count). The molecule has 3 fully saturated rings. The molecule has 4 aliphatic rings. The van der Waals surface area contributed by atoms with Crippen LogP contribution in [0.3, 0.4) is 0 Å². The van der Waals surface area contributed by atoms with Crippen molar-refractivity contribution in [1.82, 2.24) is 5.32 Å². The summed E-state index contributed by atoms with van der Waals surface area (Å²) >= 11 is 0. The van der Waals surface area contributed by atoms with E-state index in [1.54, 1.807) is 6.08 Å². The summed E-state index contributed by atoms with van der Waals surface area (Å²) in [6, 6.07) is 6.26. The highest BCUT2D eigenvalue weighted by molar-refractivity contribution is 5.50. The van der Waals surface area contributed by atoms with Gasteiger partial charge in [-0.25, -0.2) is 0 Å². The van der Waals surface area contributed by atoms with Crippen molar-refractivity contribution in [2.45, 2.75) is 131 Å². The van der Waals surface area contributed by atoms with Crippen LogP contribution in [0.15, 0.2) is 54.8 Å². The quantitative estimate of drug-likeness (QED) is 0.337. The third-order valence-electron chi connectivity index (χ3n) is 9.03. The first-order chi connectivity index (χ1) is 18.0. The van der Waals surface area contributed by atoms with Crippen LogP contribution in [0.2, 0.25) is 0 Å². The minimum absolute atomic E-state index is 0.175. The van der Waals surface area contributed by atoms with Crippen molar-refractivity contribution >= 4 is 0 Å². The number of hydrogen-bond acceptors (Lipinski definition) is 3. The molecule has 0 amide bonds. The van der Waals surface area contributed by atoms with Crippen molar-refractivity contribution in [1.29, 1.82) is 0 Å². The first-order valence-electron chi connectivity index (χ1n) is 15.3. The van der Waals surface area contributed by atoms with Crippen LogP contribution < -0.4 is 5.32 Å². The van der Waals surface area contributed by atoms with Crippen molar-refractivity contribution < 1.29 is 10.2 Å². The average Bonchev–Trinajstić information content (AvgIpc) is 3.31. The zero-order valence-electron chi connectivity index (χ0n) is 26.4. The van der Waals surface area contributed by atoms with E-state index in [0.717, 1.165) is 44.2 Å². The van der Waals surface area contributed by atoms with Crippen LogP contribution in [-0.4, -0.2) is 21.9 Å². The van der Waals surface area contributed by atoms with Gasteiger partial charge < -0.3 is 15.5 Å². The lowest BCUT2D eigenvalue weighted by molar-refractivity contribution is -0.102. The van der Waals surface area contributed by atoms with Gasteiger partial charge in [-0.3, -0.25) is 0 Å². The number of phenols is 1. The zero-order valence-corrected chi connectivity index (χ0v) is 26.4. The summed E-state index contributed by atoms with van der Waals surface area (Å²) in [5, 5.41) is 26.0. The summed E-state index contributed by atoms with van der Waals surface area (Å²) in [6.45, 7) is 28.6. The molecule has 216 valence electrons. The van der Waals surface area contributed by atoms with Gasteiger partial charge in [-0.2, -0.15) is 0 Å². The lowest BCUT2D eigenvalue weighted by Gasteiger charge is -2.52. The monoisotopic (exact) mass is 525 g/mol. The van der Waals surface area contributed by atoms with Gasteiger partial charge in [0.2, 0.25) is 0 Å². The van der Waals surface area contributed by atoms with Gasteiger partial charge in [0.05, 0.1) is 5.60 Å². The Hall–Kier alpha value is -2.00. The van der Waals surface area contributed by atoms with Gasteiger partial charge in [-0.05, 0) is 92.9 Å². The van der Waals surface area contributed by atoms with E-state index in [1.165, 1.54) is 23.1 Å². The third-order valence-corrected chi connectivity index (χ3v) is 9.03. The normalized spacial score (nSPS) is 32.8. The van der Waals surface area contributed by atoms with Gasteiger partial charge in [0.15, 0.2) is 0 Å². The van der Waals surface area contributed by atoms with Crippen molar-refractivity contribution in [3.05, 3.63) is 65.9 Å². The van der Waals surface area contributed by atoms with Crippen LogP contribution in [0.25, 0.3) is 0 Å². The number of benzene rings is 1. The van der Waals surface area contributed by atoms with E-state index in [-0.39, 0.29) is 16.7 Å². The molecule has 6 atom stereocenters. The second kappa shape index (κ2) is 14.4. The fourth-order valence-corrected chi connectivity index (χ4v) is 7.54. The van der Waals surface area contributed by atoms with Crippen molar-refractivity contribution in [2.75, 3.05) is 0 Å². The Morgan fingerprint density at radius 3 is 2.21 bits per heavy atom. The maximum absolute atomic E-state index is 12.2. The summed E-state index contributed by atoms with van der Waals surface area (Å²) in [6.07, 6.45) is 11.0. The number of fused-ring (bicyclic) bond motifs is 3. The highest BCUT2D eigenvalue weighted by Gasteiger charge is 2.72. The van der Waals surface area contributed by atoms with Gasteiger partial charge in [0.1, 0.15) is 5.75 Å². The first-order valence-corrected chi connectivity index (χ1v) is 15.3. The van der Waals surface area contributed by atoms with Crippen LogP contribution in [-0.2, 0) is 11.8 Å². The molecular formula is C35H59NO2. The molecule has 3 nitrogen and oxygen atoms in total. The number of nitrogens with one attached hydrogen (secondary N) is 1. The van der Waals surface area contributed by atoms with E-state index in [0.29, 0.717) is 17.7 Å². The smallest absolute Gasteiger partial charge is 0.115 e. The second-order valence-corrected chi connectivity index (χ2v) is 11.6. The van der Waals surface area contributed by atoms with E-state index < -0.39 is 5.60 Å². The predicted molar refractivity (Wildman–Crippen MR) is 167 cm³/mol. The molecule has 38 heavy (non-hydrogen) atoms. The largest absolute Gasteiger partial charge is 0.508 e. The second-order valence-electron chi connectivity index (χ2n) is 11.6. The van der Waals surface area contributed by atoms with E-state index in [4.69, 9.17) is 0 Å². The van der Waals surface area contributed by atoms with E-state index in [9.17, 15) is 10.2 Å². The molecule has 1 spiro atoms. The van der Waals surface area contributed by atoms with Crippen LogP contribution in [0, 0.1) is 17.3 Å². The van der Waals surface area contributed by atoms with Gasteiger partial charge >= 0.3 is 0 Å². The molecule has 1 saturated heterocycles. The number of rotatable bonds is 2. The molecule has 3 heteroatoms. The molecule has 6 unspecified atom stereocenters. The van der Waals surface area contributed by atoms with Gasteiger partial charge in [0.25, 0.3) is 0 Å². The molecule has 1 aromatic carbocycles. The summed E-state index contributed by atoms with van der Waals surface area (Å²) in [5.41, 5.74) is 4.21. The minimum Gasteiger partial charge on any atom is -0.508 e. The molecule has 0 aromatic heterocycles. The van der Waals surface area contributed by atoms with E-state index in [1.807, 2.05) is 59.8 Å². The van der Waals surface area contributed by atoms with Crippen LogP contribution in [0.4, 0.5) is 0 Å². The molecule has 1 aliphatic heterocycles. The number of aromatic hydroxyl groups is 1. The average molecular weight is 526 g/mol. The van der Waals surface area contributed by atoms with Gasteiger partial charge in [-0.1, -0.05) is 98.8 Å². The lowest BCUT2D eigenvalue weighted by Crippen LogP contribution is -2.59. The Balaban J connectivity index is 0.000000475. The van der Waals surface area contributed by atoms with Crippen molar-refractivity contribution in [3.8, 4) is 5.75 Å². The first kappa shape index (κ1) is 34.0. The summed E-state index contributed by atoms with van der Waals surface area (Å²) < 4.78 is 0. The molecular weight excluding hydrogens is 466 g/mol. The highest BCUT2D eigenvalue weighted by Crippen LogP contribution is 2.71. The molecule has 1 aromatic rings. The Bertz CT molecular complexity index is 945. The molecule has 2 saturated carbocycles. The molecule has 0 radical (unpaired) electrons. The Morgan fingerprint density at radius 2 is 1.71 bits per heavy atom. The summed E-state index contributed by atoms with van der Waals surface area (Å²) in [4.78, 5) is 0. The number of aliphatic hydroxyl groups is 1. The standard InChI is InChI=1S/C22H29NO2.C6H10.C3H8.2C2H6/c1-4-20-9-15-5-6-17(24)8-18(15)21(12-20)11-19-16(7-13(2)23-19)10-22(21,25)14(20)3;1-4-5-6(2)3;1-3-2;2*1-2/h5-6,8,14,16,19,23-25H,2,4,7,9-12H2,1,3H3;4-5H,1H2,2-3H3;3H2,1-2H3;2*1-2H3. The van der Waals surface area contributed by atoms with Crippen LogP contribution in [0.5, 0.6) is 5.75 Å². The molecule has 3 aliphatic carbocycles. The molecule has 1 heterocycles. The maximum atomic E-state index is 12.2. The molecule has 2 bridgehead atoms. The fraction of sp³-hybridized carbons (Fsp3) is 0.657. The topological polar surface area (TPSA) is 52.5 Å². The number of phenolic OH excluding ortho intramolecular Hbond substituents is 1. The molecule has 3 N–H and O–H groups in total. The lowest BCUT2D eigenvalue weighted by atomic mass is 9.55. The van der Waals surface area contributed by atoms with E-state index >= 15 is 0 Å². The third kappa shape index (κ3) is 6.24. The minimum atomic E-state index is -0.685. The van der Waals surface area contributed by atoms with Crippen LogP contribution >= 0.6 is 0 Å². The fourth-order valence-electron chi connectivity index (χ4n) is 7.54. The van der Waals surface area contributed by atoms with Crippen LogP contribution in [0.1, 0.15) is 119 Å². The predicted octanol–water partition coefficient (Wildman–Crippen LogP) is 9.25. The van der Waals surface area contributed by atoms with E-state index in [2.05, 4.69) is 52.2 Å². The zero-order chi connectivity index (χ0) is 29.3. The van der Waals surface area contributed by atoms with Gasteiger partial charge in [0, 0.05) is 17.2 Å². The number of allylic oxidation sites excluding steroid dienone is 4. The maximum Gasteiger partial charge on any atom is 0.115 e. The number of hydrogen-bond donors (Lipinski definition) is 3. The van der Waals surface area contributed by atoms with Crippen molar-refractivity contribution in [3.63, 3.8) is 0 Å². The Morgan fingerprint density at radius 1 is 1.11 bits per heavy atom. The highest BCUT2D eigenvalue weighted by atomic mass is 16.3. The van der Waals surface area contributed by atoms with Gasteiger partial charge in [-0.15, -0.1) is 0 Å². The summed E-state index contributed by atoms with van der Waals surface area (Å²) in [7, 11) is 0. The Kier molecular flexibility index (Phi) is 12.9.